The number of halogens is 2. The molecule has 1 N–H and O–H groups in total. The maximum absolute atomic E-state index is 14.1. The Labute approximate surface area is 151 Å². The highest BCUT2D eigenvalue weighted by Crippen LogP contribution is 2.38. The van der Waals surface area contributed by atoms with E-state index in [2.05, 4.69) is 38.6 Å². The maximum Gasteiger partial charge on any atom is 0.309 e. The minimum Gasteiger partial charge on any atom is -0.481 e. The van der Waals surface area contributed by atoms with Crippen LogP contribution in [0, 0.1) is 5.82 Å². The summed E-state index contributed by atoms with van der Waals surface area (Å²) in [5, 5.41) is 15.8. The van der Waals surface area contributed by atoms with E-state index in [4.69, 9.17) is 0 Å². The van der Waals surface area contributed by atoms with Crippen molar-refractivity contribution in [3.8, 4) is 0 Å². The van der Waals surface area contributed by atoms with E-state index in [1.807, 2.05) is 0 Å². The third-order valence-electron chi connectivity index (χ3n) is 4.33. The zero-order chi connectivity index (χ0) is 17.0. The number of aromatic nitrogens is 2. The van der Waals surface area contributed by atoms with Crippen molar-refractivity contribution >= 4 is 45.4 Å². The SMILES string of the molecule is O=C(O)CC1=C2CCCN2C(S)N1n1cc2c(F)cc(Br)cc2n1. The van der Waals surface area contributed by atoms with Crippen molar-refractivity contribution in [3.63, 3.8) is 0 Å². The van der Waals surface area contributed by atoms with Crippen LogP contribution in [0.2, 0.25) is 0 Å². The number of hydrogen-bond acceptors (Lipinski definition) is 5. The van der Waals surface area contributed by atoms with E-state index in [0.717, 1.165) is 25.1 Å². The molecule has 0 amide bonds. The van der Waals surface area contributed by atoms with Crippen molar-refractivity contribution in [3.05, 3.63) is 40.0 Å². The zero-order valence-corrected chi connectivity index (χ0v) is 15.0. The third kappa shape index (κ3) is 2.37. The van der Waals surface area contributed by atoms with Crippen LogP contribution in [0.1, 0.15) is 19.3 Å². The number of allylic oxidation sites excluding steroid dienone is 1. The molecule has 1 saturated heterocycles. The summed E-state index contributed by atoms with van der Waals surface area (Å²) in [6.07, 6.45) is 3.25. The summed E-state index contributed by atoms with van der Waals surface area (Å²) in [6, 6.07) is 3.11. The van der Waals surface area contributed by atoms with Crippen LogP contribution in [0.25, 0.3) is 10.9 Å². The van der Waals surface area contributed by atoms with Gasteiger partial charge < -0.3 is 10.0 Å². The number of fused-ring (bicyclic) bond motifs is 2. The van der Waals surface area contributed by atoms with Gasteiger partial charge in [-0.2, -0.15) is 9.89 Å². The first kappa shape index (κ1) is 15.8. The lowest BCUT2D eigenvalue weighted by molar-refractivity contribution is -0.136. The zero-order valence-electron chi connectivity index (χ0n) is 12.5. The van der Waals surface area contributed by atoms with Gasteiger partial charge >= 0.3 is 5.97 Å². The Hall–Kier alpha value is -1.74. The minimum atomic E-state index is -0.914. The van der Waals surface area contributed by atoms with Gasteiger partial charge in [-0.05, 0) is 25.0 Å². The van der Waals surface area contributed by atoms with E-state index in [-0.39, 0.29) is 17.7 Å². The first-order valence-corrected chi connectivity index (χ1v) is 8.79. The van der Waals surface area contributed by atoms with Crippen molar-refractivity contribution in [1.82, 2.24) is 14.8 Å². The maximum atomic E-state index is 14.1. The third-order valence-corrected chi connectivity index (χ3v) is 5.29. The summed E-state index contributed by atoms with van der Waals surface area (Å²) in [4.78, 5) is 14.9. The lowest BCUT2D eigenvalue weighted by Gasteiger charge is -2.29. The second kappa shape index (κ2) is 5.66. The molecule has 24 heavy (non-hydrogen) atoms. The summed E-state index contributed by atoms with van der Waals surface area (Å²) >= 11 is 7.89. The Bertz CT molecular complexity index is 884. The molecule has 9 heteroatoms. The van der Waals surface area contributed by atoms with Crippen LogP contribution in [0.15, 0.2) is 34.2 Å². The number of rotatable bonds is 3. The molecule has 1 fully saturated rings. The Morgan fingerprint density at radius 1 is 1.50 bits per heavy atom. The monoisotopic (exact) mass is 412 g/mol. The van der Waals surface area contributed by atoms with Crippen LogP contribution in [0.5, 0.6) is 0 Å². The van der Waals surface area contributed by atoms with E-state index < -0.39 is 5.97 Å². The van der Waals surface area contributed by atoms with E-state index in [9.17, 15) is 14.3 Å². The molecule has 1 unspecified atom stereocenters. The molecule has 4 rings (SSSR count). The van der Waals surface area contributed by atoms with Crippen molar-refractivity contribution in [2.45, 2.75) is 24.8 Å². The molecule has 1 atom stereocenters. The van der Waals surface area contributed by atoms with Crippen LogP contribution >= 0.6 is 28.6 Å². The Morgan fingerprint density at radius 3 is 3.04 bits per heavy atom. The number of hydrogen-bond donors (Lipinski definition) is 2. The molecule has 1 aromatic carbocycles. The molecule has 0 aliphatic carbocycles. The van der Waals surface area contributed by atoms with Crippen molar-refractivity contribution in [2.24, 2.45) is 0 Å². The van der Waals surface area contributed by atoms with Gasteiger partial charge in [0.2, 0.25) is 0 Å². The molecule has 126 valence electrons. The van der Waals surface area contributed by atoms with Gasteiger partial charge in [0.05, 0.1) is 29.2 Å². The number of benzene rings is 1. The predicted octanol–water partition coefficient (Wildman–Crippen LogP) is 2.89. The molecule has 3 heterocycles. The molecule has 2 aromatic rings. The van der Waals surface area contributed by atoms with Crippen molar-refractivity contribution < 1.29 is 14.3 Å². The summed E-state index contributed by atoms with van der Waals surface area (Å²) in [6.45, 7) is 0.823. The highest BCUT2D eigenvalue weighted by molar-refractivity contribution is 9.10. The summed E-state index contributed by atoms with van der Waals surface area (Å²) in [7, 11) is 0. The van der Waals surface area contributed by atoms with Gasteiger partial charge in [-0.15, -0.1) is 12.6 Å². The molecule has 0 spiro atoms. The molecule has 0 bridgehead atoms. The first-order chi connectivity index (χ1) is 11.5. The lowest BCUT2D eigenvalue weighted by atomic mass is 10.2. The van der Waals surface area contributed by atoms with E-state index in [1.165, 1.54) is 10.9 Å². The fourth-order valence-corrected chi connectivity index (χ4v) is 4.28. The standard InChI is InChI=1S/C15H14BrFN4O2S/c16-8-4-10(17)9-7-20(18-11(9)5-8)21-13(6-14(22)23)12-2-1-3-19(12)15(21)24/h4-5,7,15,24H,1-3,6H2,(H,22,23). The topological polar surface area (TPSA) is 61.6 Å². The van der Waals surface area contributed by atoms with Crippen molar-refractivity contribution in [1.29, 1.82) is 0 Å². The predicted molar refractivity (Wildman–Crippen MR) is 93.6 cm³/mol. The number of carboxylic acids is 1. The second-order valence-corrected chi connectivity index (χ2v) is 7.20. The lowest BCUT2D eigenvalue weighted by Crippen LogP contribution is -2.43. The fourth-order valence-electron chi connectivity index (χ4n) is 3.37. The van der Waals surface area contributed by atoms with Crippen molar-refractivity contribution in [2.75, 3.05) is 11.6 Å². The number of aliphatic carboxylic acids is 1. The normalized spacial score (nSPS) is 20.4. The number of carboxylic acid groups (broad SMARTS) is 1. The van der Waals surface area contributed by atoms with E-state index >= 15 is 0 Å². The van der Waals surface area contributed by atoms with Gasteiger partial charge in [0.15, 0.2) is 5.50 Å². The largest absolute Gasteiger partial charge is 0.481 e. The molecule has 0 saturated carbocycles. The van der Waals surface area contributed by atoms with Gasteiger partial charge in [-0.1, -0.05) is 15.9 Å². The fraction of sp³-hybridized carbons (Fsp3) is 0.333. The highest BCUT2D eigenvalue weighted by Gasteiger charge is 2.40. The Morgan fingerprint density at radius 2 is 2.29 bits per heavy atom. The summed E-state index contributed by atoms with van der Waals surface area (Å²) < 4.78 is 14.7. The summed E-state index contributed by atoms with van der Waals surface area (Å²) in [5.74, 6) is -1.30. The molecule has 2 aliphatic heterocycles. The van der Waals surface area contributed by atoms with E-state index in [1.54, 1.807) is 17.3 Å². The molecule has 1 aromatic heterocycles. The molecular formula is C15H14BrFN4O2S. The average molecular weight is 413 g/mol. The minimum absolute atomic E-state index is 0.120. The molecular weight excluding hydrogens is 399 g/mol. The van der Waals surface area contributed by atoms with Gasteiger partial charge in [-0.25, -0.2) is 9.40 Å². The van der Waals surface area contributed by atoms with Crippen LogP contribution in [0.4, 0.5) is 4.39 Å². The van der Waals surface area contributed by atoms with Crippen LogP contribution in [-0.4, -0.2) is 37.9 Å². The second-order valence-electron chi connectivity index (χ2n) is 5.82. The Kier molecular flexibility index (Phi) is 3.72. The number of carbonyl (C=O) groups is 1. The molecule has 2 aliphatic rings. The summed E-state index contributed by atoms with van der Waals surface area (Å²) in [5.41, 5.74) is 1.79. The van der Waals surface area contributed by atoms with E-state index in [0.29, 0.717) is 21.1 Å². The van der Waals surface area contributed by atoms with Crippen LogP contribution < -0.4 is 5.01 Å². The highest BCUT2D eigenvalue weighted by atomic mass is 79.9. The van der Waals surface area contributed by atoms with Gasteiger partial charge in [0.1, 0.15) is 5.82 Å². The smallest absolute Gasteiger partial charge is 0.309 e. The van der Waals surface area contributed by atoms with Gasteiger partial charge in [0, 0.05) is 16.7 Å². The quantitative estimate of drug-likeness (QED) is 0.758. The van der Waals surface area contributed by atoms with Gasteiger partial charge in [-0.3, -0.25) is 4.79 Å². The molecule has 0 radical (unpaired) electrons. The number of nitrogens with zero attached hydrogens (tertiary/aromatic N) is 4. The molecule has 6 nitrogen and oxygen atoms in total. The van der Waals surface area contributed by atoms with Crippen LogP contribution in [-0.2, 0) is 4.79 Å². The van der Waals surface area contributed by atoms with Gasteiger partial charge in [0.25, 0.3) is 0 Å². The number of thiol groups is 1. The van der Waals surface area contributed by atoms with Crippen LogP contribution in [0.3, 0.4) is 0 Å². The Balaban J connectivity index is 1.83. The average Bonchev–Trinajstić information content (AvgIpc) is 3.16. The first-order valence-electron chi connectivity index (χ1n) is 7.48.